The highest BCUT2D eigenvalue weighted by Gasteiger charge is 2.15. The molecule has 3 aromatic carbocycles. The third-order valence-electron chi connectivity index (χ3n) is 5.42. The van der Waals surface area contributed by atoms with Crippen molar-refractivity contribution in [3.63, 3.8) is 0 Å². The maximum Gasteiger partial charge on any atom is 0.267 e. The Balaban J connectivity index is 1.40. The molecule has 33 heavy (non-hydrogen) atoms. The van der Waals surface area contributed by atoms with Crippen molar-refractivity contribution in [1.82, 2.24) is 10.6 Å². The Bertz CT molecular complexity index is 1270. The number of carbonyl (C=O) groups is 2. The van der Waals surface area contributed by atoms with Crippen LogP contribution in [0.25, 0.3) is 16.8 Å². The van der Waals surface area contributed by atoms with Gasteiger partial charge in [-0.3, -0.25) is 9.59 Å². The van der Waals surface area contributed by atoms with Crippen LogP contribution in [0.1, 0.15) is 33.7 Å². The highest BCUT2D eigenvalue weighted by Crippen LogP contribution is 2.19. The lowest BCUT2D eigenvalue weighted by Gasteiger charge is -2.11. The van der Waals surface area contributed by atoms with Crippen LogP contribution in [0.4, 0.5) is 0 Å². The van der Waals surface area contributed by atoms with E-state index in [-0.39, 0.29) is 17.5 Å². The molecule has 1 heterocycles. The van der Waals surface area contributed by atoms with Gasteiger partial charge in [-0.2, -0.15) is 0 Å². The molecule has 2 N–H and O–H groups in total. The number of carbonyl (C=O) groups excluding carboxylic acids is 2. The molecule has 4 rings (SSSR count). The summed E-state index contributed by atoms with van der Waals surface area (Å²) < 4.78 is 5.33. The molecule has 0 radical (unpaired) electrons. The van der Waals surface area contributed by atoms with Crippen molar-refractivity contribution >= 4 is 28.7 Å². The number of amides is 2. The SMILES string of the molecule is Cc1ccc(C(=O)N/C(=C\c2ccco2)C(=O)NCCCc2cccc3ccccc23)cc1. The van der Waals surface area contributed by atoms with Crippen molar-refractivity contribution in [1.29, 1.82) is 0 Å². The Morgan fingerprint density at radius 1 is 0.909 bits per heavy atom. The van der Waals surface area contributed by atoms with Crippen LogP contribution in [0.2, 0.25) is 0 Å². The van der Waals surface area contributed by atoms with E-state index in [0.717, 1.165) is 18.4 Å². The van der Waals surface area contributed by atoms with Gasteiger partial charge in [-0.25, -0.2) is 0 Å². The van der Waals surface area contributed by atoms with Crippen molar-refractivity contribution < 1.29 is 14.0 Å². The summed E-state index contributed by atoms with van der Waals surface area (Å²) in [6.45, 7) is 2.44. The van der Waals surface area contributed by atoms with E-state index < -0.39 is 0 Å². The predicted molar refractivity (Wildman–Crippen MR) is 131 cm³/mol. The molecule has 0 saturated carbocycles. The number of furan rings is 1. The van der Waals surface area contributed by atoms with Crippen LogP contribution in [-0.4, -0.2) is 18.4 Å². The lowest BCUT2D eigenvalue weighted by atomic mass is 10.0. The molecule has 5 nitrogen and oxygen atoms in total. The van der Waals surface area contributed by atoms with Crippen molar-refractivity contribution in [2.45, 2.75) is 19.8 Å². The Morgan fingerprint density at radius 2 is 1.70 bits per heavy atom. The maximum absolute atomic E-state index is 12.9. The van der Waals surface area contributed by atoms with E-state index in [4.69, 9.17) is 4.42 Å². The summed E-state index contributed by atoms with van der Waals surface area (Å²) in [4.78, 5) is 25.6. The largest absolute Gasteiger partial charge is 0.465 e. The Morgan fingerprint density at radius 3 is 2.48 bits per heavy atom. The number of rotatable bonds is 8. The van der Waals surface area contributed by atoms with Gasteiger partial charge in [0.1, 0.15) is 11.5 Å². The Labute approximate surface area is 193 Å². The van der Waals surface area contributed by atoms with E-state index in [2.05, 4.69) is 41.0 Å². The zero-order chi connectivity index (χ0) is 23.0. The molecule has 0 aliphatic carbocycles. The molecule has 0 saturated heterocycles. The summed E-state index contributed by atoms with van der Waals surface area (Å²) in [6, 6.07) is 25.2. The average molecular weight is 439 g/mol. The van der Waals surface area contributed by atoms with E-state index in [1.165, 1.54) is 28.7 Å². The molecule has 0 atom stereocenters. The number of benzene rings is 3. The van der Waals surface area contributed by atoms with Crippen LogP contribution in [0.3, 0.4) is 0 Å². The van der Waals surface area contributed by atoms with Crippen LogP contribution < -0.4 is 10.6 Å². The van der Waals surface area contributed by atoms with Gasteiger partial charge in [0.05, 0.1) is 6.26 Å². The van der Waals surface area contributed by atoms with Crippen molar-refractivity contribution in [3.05, 3.63) is 113 Å². The number of fused-ring (bicyclic) bond motifs is 1. The lowest BCUT2D eigenvalue weighted by Crippen LogP contribution is -2.35. The summed E-state index contributed by atoms with van der Waals surface area (Å²) in [5.41, 5.74) is 2.93. The quantitative estimate of drug-likeness (QED) is 0.291. The molecular weight excluding hydrogens is 412 g/mol. The molecule has 166 valence electrons. The average Bonchev–Trinajstić information content (AvgIpc) is 3.35. The van der Waals surface area contributed by atoms with Gasteiger partial charge < -0.3 is 15.1 Å². The lowest BCUT2D eigenvalue weighted by molar-refractivity contribution is -0.117. The van der Waals surface area contributed by atoms with E-state index >= 15 is 0 Å². The van der Waals surface area contributed by atoms with E-state index in [0.29, 0.717) is 17.9 Å². The van der Waals surface area contributed by atoms with Crippen LogP contribution >= 0.6 is 0 Å². The number of hydrogen-bond acceptors (Lipinski definition) is 3. The minimum absolute atomic E-state index is 0.140. The first kappa shape index (κ1) is 22.1. The van der Waals surface area contributed by atoms with Gasteiger partial charge >= 0.3 is 0 Å². The van der Waals surface area contributed by atoms with Gasteiger partial charge in [0, 0.05) is 18.2 Å². The fourth-order valence-corrected chi connectivity index (χ4v) is 3.66. The van der Waals surface area contributed by atoms with E-state index in [9.17, 15) is 9.59 Å². The second-order valence-electron chi connectivity index (χ2n) is 7.89. The second-order valence-corrected chi connectivity index (χ2v) is 7.89. The number of hydrogen-bond donors (Lipinski definition) is 2. The second kappa shape index (κ2) is 10.5. The maximum atomic E-state index is 12.9. The number of nitrogens with one attached hydrogen (secondary N) is 2. The van der Waals surface area contributed by atoms with Crippen LogP contribution in [0, 0.1) is 6.92 Å². The topological polar surface area (TPSA) is 71.3 Å². The smallest absolute Gasteiger partial charge is 0.267 e. The zero-order valence-electron chi connectivity index (χ0n) is 18.5. The van der Waals surface area contributed by atoms with Gasteiger partial charge in [0.15, 0.2) is 0 Å². The molecule has 0 spiro atoms. The Kier molecular flexibility index (Phi) is 7.00. The Hall–Kier alpha value is -4.12. The molecule has 0 aliphatic heterocycles. The minimum atomic E-state index is -0.357. The third-order valence-corrected chi connectivity index (χ3v) is 5.42. The molecule has 0 fully saturated rings. The molecule has 2 amide bonds. The molecule has 0 bridgehead atoms. The van der Waals surface area contributed by atoms with Gasteiger partial charge in [0.2, 0.25) is 0 Å². The van der Waals surface area contributed by atoms with Crippen molar-refractivity contribution in [3.8, 4) is 0 Å². The van der Waals surface area contributed by atoms with E-state index in [1.807, 2.05) is 31.2 Å². The molecule has 4 aromatic rings. The summed E-state index contributed by atoms with van der Waals surface area (Å²) in [6.07, 6.45) is 4.67. The summed E-state index contributed by atoms with van der Waals surface area (Å²) in [7, 11) is 0. The normalized spacial score (nSPS) is 11.4. The van der Waals surface area contributed by atoms with Crippen molar-refractivity contribution in [2.75, 3.05) is 6.54 Å². The standard InChI is InChI=1S/C28H26N2O3/c1-20-13-15-23(16-14-20)27(31)30-26(19-24-11-6-18-33-24)28(32)29-17-5-10-22-9-4-8-21-7-2-3-12-25(21)22/h2-4,6-9,11-16,18-19H,5,10,17H2,1H3,(H,29,32)(H,30,31)/b26-19-. The highest BCUT2D eigenvalue weighted by molar-refractivity contribution is 6.05. The first-order valence-electron chi connectivity index (χ1n) is 11.0. The monoisotopic (exact) mass is 438 g/mol. The molecule has 5 heteroatoms. The molecule has 0 unspecified atom stereocenters. The predicted octanol–water partition coefficient (Wildman–Crippen LogP) is 5.26. The van der Waals surface area contributed by atoms with Gasteiger partial charge in [-0.15, -0.1) is 0 Å². The first-order valence-corrected chi connectivity index (χ1v) is 11.0. The minimum Gasteiger partial charge on any atom is -0.465 e. The summed E-state index contributed by atoms with van der Waals surface area (Å²) in [5.74, 6) is -0.219. The van der Waals surface area contributed by atoms with Crippen LogP contribution in [0.5, 0.6) is 0 Å². The molecule has 1 aromatic heterocycles. The number of aryl methyl sites for hydroxylation is 2. The van der Waals surface area contributed by atoms with Gasteiger partial charge in [-0.1, -0.05) is 60.2 Å². The van der Waals surface area contributed by atoms with Gasteiger partial charge in [-0.05, 0) is 60.4 Å². The zero-order valence-corrected chi connectivity index (χ0v) is 18.5. The van der Waals surface area contributed by atoms with Crippen molar-refractivity contribution in [2.24, 2.45) is 0 Å². The van der Waals surface area contributed by atoms with Crippen LogP contribution in [-0.2, 0) is 11.2 Å². The fourth-order valence-electron chi connectivity index (χ4n) is 3.66. The summed E-state index contributed by atoms with van der Waals surface area (Å²) in [5, 5.41) is 8.08. The molecular formula is C28H26N2O3. The fraction of sp³-hybridized carbons (Fsp3) is 0.143. The highest BCUT2D eigenvalue weighted by atomic mass is 16.3. The molecule has 0 aliphatic rings. The first-order chi connectivity index (χ1) is 16.1. The summed E-state index contributed by atoms with van der Waals surface area (Å²) >= 11 is 0. The van der Waals surface area contributed by atoms with Gasteiger partial charge in [0.25, 0.3) is 11.8 Å². The van der Waals surface area contributed by atoms with E-state index in [1.54, 1.807) is 24.3 Å². The third kappa shape index (κ3) is 5.77. The van der Waals surface area contributed by atoms with Crippen LogP contribution in [0.15, 0.2) is 95.2 Å².